The van der Waals surface area contributed by atoms with Crippen molar-refractivity contribution >= 4 is 59.3 Å². The van der Waals surface area contributed by atoms with Crippen molar-refractivity contribution in [3.63, 3.8) is 0 Å². The summed E-state index contributed by atoms with van der Waals surface area (Å²) >= 11 is 1.87. The normalized spacial score (nSPS) is 11.3. The molecule has 0 radical (unpaired) electrons. The quantitative estimate of drug-likeness (QED) is 0.205. The minimum Gasteiger partial charge on any atom is -0.310 e. The Labute approximate surface area is 249 Å². The second-order valence-corrected chi connectivity index (χ2v) is 11.7. The van der Waals surface area contributed by atoms with Crippen LogP contribution in [0.4, 0.5) is 17.1 Å². The van der Waals surface area contributed by atoms with Crippen LogP contribution in [0.3, 0.4) is 0 Å². The summed E-state index contributed by atoms with van der Waals surface area (Å²) in [5.74, 6) is 0. The highest BCUT2D eigenvalue weighted by Crippen LogP contribution is 2.43. The smallest absolute Gasteiger partial charge is 0.0476 e. The highest BCUT2D eigenvalue weighted by atomic mass is 32.1. The average molecular weight is 554 g/mol. The highest BCUT2D eigenvalue weighted by Gasteiger charge is 2.16. The fraction of sp³-hybridized carbons (Fsp3) is 0. The van der Waals surface area contributed by atoms with Crippen LogP contribution in [0.2, 0.25) is 0 Å². The van der Waals surface area contributed by atoms with Crippen molar-refractivity contribution in [2.75, 3.05) is 4.90 Å². The van der Waals surface area contributed by atoms with Crippen LogP contribution in [0.5, 0.6) is 0 Å². The molecule has 2 heteroatoms. The molecule has 0 spiro atoms. The molecule has 0 atom stereocenters. The number of thiophene rings is 1. The lowest BCUT2D eigenvalue weighted by Gasteiger charge is -2.26. The summed E-state index contributed by atoms with van der Waals surface area (Å²) in [5.41, 5.74) is 8.29. The van der Waals surface area contributed by atoms with Crippen LogP contribution in [-0.2, 0) is 0 Å². The number of rotatable bonds is 5. The molecular weight excluding hydrogens is 527 g/mol. The molecule has 0 amide bonds. The van der Waals surface area contributed by atoms with Crippen molar-refractivity contribution in [3.05, 3.63) is 164 Å². The van der Waals surface area contributed by atoms with Crippen LogP contribution in [-0.4, -0.2) is 0 Å². The molecule has 198 valence electrons. The van der Waals surface area contributed by atoms with Crippen molar-refractivity contribution in [1.82, 2.24) is 0 Å². The van der Waals surface area contributed by atoms with Crippen molar-refractivity contribution in [1.29, 1.82) is 0 Å². The Bertz CT molecular complexity index is 2080. The molecule has 1 aromatic heterocycles. The summed E-state index contributed by atoms with van der Waals surface area (Å²) in [5, 5.41) is 5.27. The van der Waals surface area contributed by atoms with E-state index in [1.54, 1.807) is 0 Å². The van der Waals surface area contributed by atoms with Crippen LogP contribution < -0.4 is 4.90 Å². The highest BCUT2D eigenvalue weighted by molar-refractivity contribution is 7.26. The van der Waals surface area contributed by atoms with Crippen LogP contribution in [0, 0.1) is 0 Å². The Morgan fingerprint density at radius 2 is 0.881 bits per heavy atom. The molecule has 0 aliphatic heterocycles. The average Bonchev–Trinajstić information content (AvgIpc) is 3.45. The lowest BCUT2D eigenvalue weighted by atomic mass is 10.0. The van der Waals surface area contributed by atoms with Gasteiger partial charge < -0.3 is 4.90 Å². The molecule has 1 heterocycles. The van der Waals surface area contributed by atoms with Crippen LogP contribution in [0.1, 0.15) is 0 Å². The Hall–Kier alpha value is -5.18. The summed E-state index contributed by atoms with van der Waals surface area (Å²) < 4.78 is 2.62. The minimum absolute atomic E-state index is 1.13. The first-order valence-corrected chi connectivity index (χ1v) is 15.1. The summed E-state index contributed by atoms with van der Waals surface area (Å²) in [7, 11) is 0. The van der Waals surface area contributed by atoms with Crippen molar-refractivity contribution in [2.24, 2.45) is 0 Å². The number of anilines is 3. The zero-order valence-corrected chi connectivity index (χ0v) is 23.8. The standard InChI is InChI=1S/C40H27NS/c1-3-9-28(10-4-1)30-15-20-33(21-16-30)41(34-22-17-31(18-23-34)29-11-5-2-6-12-29)35-24-25-37-39(27-35)42-38-26-19-32-13-7-8-14-36(32)40(37)38/h1-27H. The van der Waals surface area contributed by atoms with E-state index in [2.05, 4.69) is 169 Å². The van der Waals surface area contributed by atoms with Gasteiger partial charge in [-0.3, -0.25) is 0 Å². The third-order valence-electron chi connectivity index (χ3n) is 8.07. The molecule has 0 fully saturated rings. The molecule has 0 N–H and O–H groups in total. The first-order valence-electron chi connectivity index (χ1n) is 14.3. The minimum atomic E-state index is 1.13. The van der Waals surface area contributed by atoms with E-state index in [4.69, 9.17) is 0 Å². The monoisotopic (exact) mass is 553 g/mol. The van der Waals surface area contributed by atoms with Gasteiger partial charge in [-0.2, -0.15) is 0 Å². The van der Waals surface area contributed by atoms with Crippen molar-refractivity contribution in [3.8, 4) is 22.3 Å². The fourth-order valence-electron chi connectivity index (χ4n) is 5.99. The van der Waals surface area contributed by atoms with Gasteiger partial charge in [0.05, 0.1) is 0 Å². The van der Waals surface area contributed by atoms with E-state index in [9.17, 15) is 0 Å². The van der Waals surface area contributed by atoms with Gasteiger partial charge in [0.2, 0.25) is 0 Å². The first-order chi connectivity index (χ1) is 20.8. The van der Waals surface area contributed by atoms with Crippen molar-refractivity contribution < 1.29 is 0 Å². The van der Waals surface area contributed by atoms with Gasteiger partial charge in [0, 0.05) is 37.2 Å². The van der Waals surface area contributed by atoms with E-state index >= 15 is 0 Å². The molecule has 0 unspecified atom stereocenters. The van der Waals surface area contributed by atoms with E-state index in [0.717, 1.165) is 17.1 Å². The number of fused-ring (bicyclic) bond motifs is 5. The summed E-state index contributed by atoms with van der Waals surface area (Å²) in [4.78, 5) is 2.37. The maximum Gasteiger partial charge on any atom is 0.0476 e. The summed E-state index contributed by atoms with van der Waals surface area (Å²) in [6.07, 6.45) is 0. The van der Waals surface area contributed by atoms with Crippen molar-refractivity contribution in [2.45, 2.75) is 0 Å². The predicted molar refractivity (Wildman–Crippen MR) is 182 cm³/mol. The Morgan fingerprint density at radius 3 is 1.50 bits per heavy atom. The van der Waals surface area contributed by atoms with Gasteiger partial charge in [-0.05, 0) is 75.5 Å². The number of hydrogen-bond acceptors (Lipinski definition) is 2. The Balaban J connectivity index is 1.26. The number of hydrogen-bond donors (Lipinski definition) is 0. The molecule has 0 aliphatic carbocycles. The molecule has 0 saturated carbocycles. The molecule has 0 aliphatic rings. The molecule has 0 saturated heterocycles. The number of nitrogens with zero attached hydrogens (tertiary/aromatic N) is 1. The molecular formula is C40H27NS. The molecule has 0 bridgehead atoms. The lowest BCUT2D eigenvalue weighted by Crippen LogP contribution is -2.09. The molecule has 7 aromatic carbocycles. The third-order valence-corrected chi connectivity index (χ3v) is 9.19. The van der Waals surface area contributed by atoms with Crippen LogP contribution >= 0.6 is 11.3 Å². The van der Waals surface area contributed by atoms with Gasteiger partial charge in [-0.25, -0.2) is 0 Å². The Kier molecular flexibility index (Phi) is 6.05. The third kappa shape index (κ3) is 4.34. The van der Waals surface area contributed by atoms with Gasteiger partial charge in [-0.1, -0.05) is 121 Å². The predicted octanol–water partition coefficient (Wildman–Crippen LogP) is 12.0. The largest absolute Gasteiger partial charge is 0.310 e. The first kappa shape index (κ1) is 24.6. The topological polar surface area (TPSA) is 3.24 Å². The SMILES string of the molecule is c1ccc(-c2ccc(N(c3ccc(-c4ccccc4)cc3)c3ccc4c(c3)sc3ccc5ccccc5c34)cc2)cc1. The summed E-state index contributed by atoms with van der Waals surface area (Å²) in [6.45, 7) is 0. The number of benzene rings is 7. The fourth-order valence-corrected chi connectivity index (χ4v) is 7.14. The van der Waals surface area contributed by atoms with Gasteiger partial charge in [0.1, 0.15) is 0 Å². The van der Waals surface area contributed by atoms with Gasteiger partial charge in [0.15, 0.2) is 0 Å². The zero-order valence-electron chi connectivity index (χ0n) is 22.9. The van der Waals surface area contributed by atoms with E-state index in [-0.39, 0.29) is 0 Å². The maximum atomic E-state index is 2.37. The molecule has 1 nitrogen and oxygen atoms in total. The van der Waals surface area contributed by atoms with E-state index < -0.39 is 0 Å². The van der Waals surface area contributed by atoms with Gasteiger partial charge >= 0.3 is 0 Å². The zero-order chi connectivity index (χ0) is 27.9. The second kappa shape index (κ2) is 10.3. The summed E-state index contributed by atoms with van der Waals surface area (Å²) in [6, 6.07) is 59.1. The Morgan fingerprint density at radius 1 is 0.357 bits per heavy atom. The maximum absolute atomic E-state index is 2.37. The molecule has 42 heavy (non-hydrogen) atoms. The second-order valence-electron chi connectivity index (χ2n) is 10.6. The van der Waals surface area contributed by atoms with E-state index in [1.165, 1.54) is 53.2 Å². The lowest BCUT2D eigenvalue weighted by molar-refractivity contribution is 1.29. The van der Waals surface area contributed by atoms with E-state index in [0.29, 0.717) is 0 Å². The molecule has 8 rings (SSSR count). The van der Waals surface area contributed by atoms with Crippen LogP contribution in [0.15, 0.2) is 164 Å². The van der Waals surface area contributed by atoms with Gasteiger partial charge in [-0.15, -0.1) is 11.3 Å². The van der Waals surface area contributed by atoms with Gasteiger partial charge in [0.25, 0.3) is 0 Å². The molecule has 8 aromatic rings. The van der Waals surface area contributed by atoms with E-state index in [1.807, 2.05) is 11.3 Å². The van der Waals surface area contributed by atoms with Crippen LogP contribution in [0.25, 0.3) is 53.2 Å².